The summed E-state index contributed by atoms with van der Waals surface area (Å²) in [5.74, 6) is -0.0309. The molecule has 1 atom stereocenters. The Balaban J connectivity index is 1.71. The van der Waals surface area contributed by atoms with Gasteiger partial charge in [0.1, 0.15) is 0 Å². The summed E-state index contributed by atoms with van der Waals surface area (Å²) in [5.41, 5.74) is 2.51. The number of pyridine rings is 1. The second-order valence-corrected chi connectivity index (χ2v) is 7.44. The second kappa shape index (κ2) is 5.49. The van der Waals surface area contributed by atoms with E-state index in [0.717, 1.165) is 26.7 Å². The van der Waals surface area contributed by atoms with Crippen molar-refractivity contribution >= 4 is 43.3 Å². The molecule has 1 amide bonds. The minimum absolute atomic E-state index is 0.0309. The van der Waals surface area contributed by atoms with Crippen LogP contribution in [0.25, 0.3) is 5.52 Å². The third-order valence-electron chi connectivity index (χ3n) is 4.31. The van der Waals surface area contributed by atoms with Gasteiger partial charge in [-0.05, 0) is 63.0 Å². The highest BCUT2D eigenvalue weighted by molar-refractivity contribution is 9.11. The molecule has 0 radical (unpaired) electrons. The summed E-state index contributed by atoms with van der Waals surface area (Å²) in [6, 6.07) is 7.92. The van der Waals surface area contributed by atoms with Crippen LogP contribution < -0.4 is 0 Å². The number of aromatic nitrogens is 3. The highest BCUT2D eigenvalue weighted by Gasteiger charge is 2.29. The Kier molecular flexibility index (Phi) is 3.57. The fourth-order valence-electron chi connectivity index (χ4n) is 3.13. The van der Waals surface area contributed by atoms with Gasteiger partial charge in [-0.3, -0.25) is 4.79 Å². The first-order chi connectivity index (χ1) is 11.0. The molecule has 0 fully saturated rings. The van der Waals surface area contributed by atoms with E-state index in [-0.39, 0.29) is 11.9 Å². The number of rotatable bonds is 1. The molecule has 5 nitrogen and oxygen atoms in total. The van der Waals surface area contributed by atoms with E-state index >= 15 is 0 Å². The molecular weight excluding hydrogens is 424 g/mol. The van der Waals surface area contributed by atoms with E-state index in [1.807, 2.05) is 29.3 Å². The summed E-state index contributed by atoms with van der Waals surface area (Å²) < 4.78 is 5.73. The predicted molar refractivity (Wildman–Crippen MR) is 94.5 cm³/mol. The summed E-state index contributed by atoms with van der Waals surface area (Å²) >= 11 is 6.96. The van der Waals surface area contributed by atoms with Crippen LogP contribution in [-0.2, 0) is 6.54 Å². The maximum atomic E-state index is 12.9. The third-order valence-corrected chi connectivity index (χ3v) is 5.38. The van der Waals surface area contributed by atoms with Crippen molar-refractivity contribution in [2.24, 2.45) is 0 Å². The smallest absolute Gasteiger partial charge is 0.275 e. The Morgan fingerprint density at radius 3 is 2.96 bits per heavy atom. The Morgan fingerprint density at radius 2 is 2.13 bits per heavy atom. The van der Waals surface area contributed by atoms with Gasteiger partial charge in [0.05, 0.1) is 11.6 Å². The maximum Gasteiger partial charge on any atom is 0.275 e. The van der Waals surface area contributed by atoms with Gasteiger partial charge in [-0.2, -0.15) is 5.10 Å². The van der Waals surface area contributed by atoms with Gasteiger partial charge in [-0.25, -0.2) is 4.52 Å². The highest BCUT2D eigenvalue weighted by atomic mass is 79.9. The van der Waals surface area contributed by atoms with E-state index in [2.05, 4.69) is 60.7 Å². The number of halogens is 2. The molecule has 4 heterocycles. The number of fused-ring (bicyclic) bond motifs is 2. The minimum atomic E-state index is -0.0309. The van der Waals surface area contributed by atoms with E-state index in [0.29, 0.717) is 12.2 Å². The molecule has 118 valence electrons. The van der Waals surface area contributed by atoms with Crippen LogP contribution in [-0.4, -0.2) is 31.5 Å². The standard InChI is InChI=1S/C16H14Br2N4O/c1-10-14-3-2-4-20(14)5-6-21(10)16(23)13-8-15-12(18)7-11(17)9-22(15)19-13/h2-4,7-10H,5-6H2,1H3. The van der Waals surface area contributed by atoms with Gasteiger partial charge in [-0.1, -0.05) is 0 Å². The molecule has 0 aliphatic carbocycles. The quantitative estimate of drug-likeness (QED) is 0.579. The van der Waals surface area contributed by atoms with Crippen molar-refractivity contribution in [3.05, 3.63) is 57.0 Å². The van der Waals surface area contributed by atoms with E-state index in [1.165, 1.54) is 0 Å². The van der Waals surface area contributed by atoms with Crippen LogP contribution in [0.4, 0.5) is 0 Å². The molecule has 4 rings (SSSR count). The number of hydrogen-bond acceptors (Lipinski definition) is 2. The lowest BCUT2D eigenvalue weighted by Crippen LogP contribution is -2.40. The first-order valence-corrected chi connectivity index (χ1v) is 8.93. The van der Waals surface area contributed by atoms with Crippen LogP contribution >= 0.6 is 31.9 Å². The molecule has 7 heteroatoms. The van der Waals surface area contributed by atoms with Gasteiger partial charge in [0.15, 0.2) is 5.69 Å². The largest absolute Gasteiger partial charge is 0.348 e. The molecule has 0 saturated heterocycles. The van der Waals surface area contributed by atoms with Crippen molar-refractivity contribution in [2.75, 3.05) is 6.54 Å². The van der Waals surface area contributed by atoms with Gasteiger partial charge in [0.25, 0.3) is 5.91 Å². The molecule has 0 spiro atoms. The van der Waals surface area contributed by atoms with Crippen LogP contribution in [0.2, 0.25) is 0 Å². The first kappa shape index (κ1) is 15.0. The molecule has 0 aromatic carbocycles. The topological polar surface area (TPSA) is 42.5 Å². The second-order valence-electron chi connectivity index (χ2n) is 5.67. The average molecular weight is 438 g/mol. The van der Waals surface area contributed by atoms with Gasteiger partial charge in [0, 0.05) is 40.1 Å². The summed E-state index contributed by atoms with van der Waals surface area (Å²) in [7, 11) is 0. The van der Waals surface area contributed by atoms with Crippen LogP contribution in [0.5, 0.6) is 0 Å². The maximum absolute atomic E-state index is 12.9. The summed E-state index contributed by atoms with van der Waals surface area (Å²) in [5, 5.41) is 4.45. The lowest BCUT2D eigenvalue weighted by Gasteiger charge is -2.34. The van der Waals surface area contributed by atoms with Crippen molar-refractivity contribution in [3.63, 3.8) is 0 Å². The molecular formula is C16H14Br2N4O. The zero-order valence-corrected chi connectivity index (χ0v) is 15.6. The van der Waals surface area contributed by atoms with Crippen molar-refractivity contribution in [2.45, 2.75) is 19.5 Å². The van der Waals surface area contributed by atoms with Crippen LogP contribution in [0, 0.1) is 0 Å². The highest BCUT2D eigenvalue weighted by Crippen LogP contribution is 2.28. The minimum Gasteiger partial charge on any atom is -0.348 e. The molecule has 0 saturated carbocycles. The lowest BCUT2D eigenvalue weighted by molar-refractivity contribution is 0.0637. The normalized spacial score (nSPS) is 17.5. The van der Waals surface area contributed by atoms with E-state index in [9.17, 15) is 4.79 Å². The summed E-state index contributed by atoms with van der Waals surface area (Å²) in [4.78, 5) is 14.8. The fourth-order valence-corrected chi connectivity index (χ4v) is 4.40. The van der Waals surface area contributed by atoms with Crippen molar-refractivity contribution in [1.29, 1.82) is 0 Å². The number of carbonyl (C=O) groups excluding carboxylic acids is 1. The Bertz CT molecular complexity index is 914. The SMILES string of the molecule is CC1c2cccn2CCN1C(=O)c1cc2c(Br)cc(Br)cn2n1. The van der Waals surface area contributed by atoms with Gasteiger partial charge >= 0.3 is 0 Å². The van der Waals surface area contributed by atoms with Crippen molar-refractivity contribution in [1.82, 2.24) is 19.1 Å². The van der Waals surface area contributed by atoms with Crippen LogP contribution in [0.3, 0.4) is 0 Å². The summed E-state index contributed by atoms with van der Waals surface area (Å²) in [6.07, 6.45) is 3.91. The monoisotopic (exact) mass is 436 g/mol. The van der Waals surface area contributed by atoms with E-state index < -0.39 is 0 Å². The van der Waals surface area contributed by atoms with E-state index in [4.69, 9.17) is 0 Å². The zero-order valence-electron chi connectivity index (χ0n) is 12.4. The molecule has 1 unspecified atom stereocenters. The van der Waals surface area contributed by atoms with Gasteiger partial charge in [-0.15, -0.1) is 0 Å². The Hall–Kier alpha value is -1.60. The molecule has 23 heavy (non-hydrogen) atoms. The number of amides is 1. The zero-order chi connectivity index (χ0) is 16.1. The lowest BCUT2D eigenvalue weighted by atomic mass is 10.1. The molecule has 1 aliphatic heterocycles. The third kappa shape index (κ3) is 2.42. The molecule has 0 bridgehead atoms. The molecule has 3 aromatic rings. The predicted octanol–water partition coefficient (Wildman–Crippen LogP) is 3.88. The van der Waals surface area contributed by atoms with Gasteiger partial charge < -0.3 is 9.47 Å². The Morgan fingerprint density at radius 1 is 1.30 bits per heavy atom. The first-order valence-electron chi connectivity index (χ1n) is 7.35. The number of carbonyl (C=O) groups is 1. The number of hydrogen-bond donors (Lipinski definition) is 0. The number of nitrogens with zero attached hydrogens (tertiary/aromatic N) is 4. The van der Waals surface area contributed by atoms with Crippen LogP contribution in [0.15, 0.2) is 45.6 Å². The average Bonchev–Trinajstić information content (AvgIpc) is 3.13. The van der Waals surface area contributed by atoms with Crippen molar-refractivity contribution in [3.8, 4) is 0 Å². The van der Waals surface area contributed by atoms with E-state index in [1.54, 1.807) is 4.52 Å². The van der Waals surface area contributed by atoms with Gasteiger partial charge in [0.2, 0.25) is 0 Å². The molecule has 3 aromatic heterocycles. The Labute approximate surface area is 150 Å². The fraction of sp³-hybridized carbons (Fsp3) is 0.250. The van der Waals surface area contributed by atoms with Crippen LogP contribution in [0.1, 0.15) is 29.1 Å². The van der Waals surface area contributed by atoms with Crippen molar-refractivity contribution < 1.29 is 4.79 Å². The summed E-state index contributed by atoms with van der Waals surface area (Å²) in [6.45, 7) is 3.58. The molecule has 1 aliphatic rings. The molecule has 0 N–H and O–H groups in total.